The lowest BCUT2D eigenvalue weighted by atomic mass is 10.0. The van der Waals surface area contributed by atoms with Gasteiger partial charge < -0.3 is 5.11 Å². The summed E-state index contributed by atoms with van der Waals surface area (Å²) in [6.07, 6.45) is 5.21. The van der Waals surface area contributed by atoms with E-state index in [1.807, 2.05) is 26.8 Å². The van der Waals surface area contributed by atoms with Gasteiger partial charge in [-0.05, 0) is 24.5 Å². The van der Waals surface area contributed by atoms with Crippen LogP contribution in [0.2, 0.25) is 0 Å². The average Bonchev–Trinajstić information content (AvgIpc) is 1.98. The zero-order chi connectivity index (χ0) is 8.85. The van der Waals surface area contributed by atoms with Crippen molar-refractivity contribution in [2.24, 2.45) is 5.92 Å². The summed E-state index contributed by atoms with van der Waals surface area (Å²) < 4.78 is 0. The van der Waals surface area contributed by atoms with Gasteiger partial charge in [-0.25, -0.2) is 0 Å². The van der Waals surface area contributed by atoms with Crippen molar-refractivity contribution in [3.05, 3.63) is 36.1 Å². The van der Waals surface area contributed by atoms with Gasteiger partial charge in [-0.2, -0.15) is 0 Å². The van der Waals surface area contributed by atoms with Gasteiger partial charge in [-0.15, -0.1) is 0 Å². The molecule has 0 aromatic rings. The molecule has 0 saturated heterocycles. The predicted molar refractivity (Wildman–Crippen MR) is 49.5 cm³/mol. The standard InChI is InChI=1S/C10H16O/c1-5-7-9(8(3)4)10(11)6-2/h5-8,11H,1H2,2-4H3/b9-7-,10-6+. The maximum absolute atomic E-state index is 9.36. The first-order valence-electron chi connectivity index (χ1n) is 3.81. The number of allylic oxidation sites excluding steroid dienone is 4. The number of aliphatic hydroxyl groups is 1. The molecular formula is C10H16O. The molecule has 1 nitrogen and oxygen atoms in total. The van der Waals surface area contributed by atoms with E-state index in [9.17, 15) is 5.11 Å². The van der Waals surface area contributed by atoms with Crippen molar-refractivity contribution in [2.45, 2.75) is 20.8 Å². The molecule has 0 aliphatic rings. The number of hydrogen-bond donors (Lipinski definition) is 1. The smallest absolute Gasteiger partial charge is 0.114 e. The molecule has 0 aliphatic carbocycles. The fourth-order valence-electron chi connectivity index (χ4n) is 0.867. The second-order valence-corrected chi connectivity index (χ2v) is 2.69. The summed E-state index contributed by atoms with van der Waals surface area (Å²) in [5.74, 6) is 0.684. The van der Waals surface area contributed by atoms with Crippen molar-refractivity contribution in [3.63, 3.8) is 0 Å². The van der Waals surface area contributed by atoms with Gasteiger partial charge in [0.05, 0.1) is 0 Å². The van der Waals surface area contributed by atoms with Gasteiger partial charge in [0, 0.05) is 0 Å². The van der Waals surface area contributed by atoms with Crippen molar-refractivity contribution >= 4 is 0 Å². The van der Waals surface area contributed by atoms with Gasteiger partial charge in [0.1, 0.15) is 5.76 Å². The van der Waals surface area contributed by atoms with Gasteiger partial charge in [0.2, 0.25) is 0 Å². The first-order valence-corrected chi connectivity index (χ1v) is 3.81. The number of hydrogen-bond acceptors (Lipinski definition) is 1. The highest BCUT2D eigenvalue weighted by Crippen LogP contribution is 2.16. The Labute approximate surface area is 68.7 Å². The third-order valence-electron chi connectivity index (χ3n) is 1.49. The van der Waals surface area contributed by atoms with Crippen LogP contribution in [0.25, 0.3) is 0 Å². The minimum Gasteiger partial charge on any atom is -0.508 e. The molecule has 0 fully saturated rings. The van der Waals surface area contributed by atoms with Crippen LogP contribution >= 0.6 is 0 Å². The van der Waals surface area contributed by atoms with E-state index in [-0.39, 0.29) is 0 Å². The lowest BCUT2D eigenvalue weighted by Gasteiger charge is -2.08. The molecule has 1 N–H and O–H groups in total. The molecular weight excluding hydrogens is 136 g/mol. The average molecular weight is 152 g/mol. The quantitative estimate of drug-likeness (QED) is 0.486. The van der Waals surface area contributed by atoms with Crippen molar-refractivity contribution in [2.75, 3.05) is 0 Å². The number of aliphatic hydroxyl groups excluding tert-OH is 1. The molecule has 0 aromatic heterocycles. The lowest BCUT2D eigenvalue weighted by molar-refractivity contribution is 0.409. The summed E-state index contributed by atoms with van der Waals surface area (Å²) in [5.41, 5.74) is 0.933. The van der Waals surface area contributed by atoms with Crippen LogP contribution < -0.4 is 0 Å². The van der Waals surface area contributed by atoms with E-state index in [0.717, 1.165) is 5.57 Å². The maximum Gasteiger partial charge on any atom is 0.114 e. The Hall–Kier alpha value is -0.980. The van der Waals surface area contributed by atoms with E-state index in [1.165, 1.54) is 0 Å². The van der Waals surface area contributed by atoms with E-state index in [4.69, 9.17) is 0 Å². The van der Waals surface area contributed by atoms with Crippen LogP contribution in [0.3, 0.4) is 0 Å². The Bertz CT molecular complexity index is 185. The molecule has 0 aliphatic heterocycles. The minimum atomic E-state index is 0.337. The predicted octanol–water partition coefficient (Wildman–Crippen LogP) is 3.22. The van der Waals surface area contributed by atoms with Crippen LogP contribution in [0.5, 0.6) is 0 Å². The third-order valence-corrected chi connectivity index (χ3v) is 1.49. The van der Waals surface area contributed by atoms with E-state index < -0.39 is 0 Å². The second-order valence-electron chi connectivity index (χ2n) is 2.69. The molecule has 0 amide bonds. The lowest BCUT2D eigenvalue weighted by Crippen LogP contribution is -1.96. The Morgan fingerprint density at radius 1 is 1.45 bits per heavy atom. The molecule has 11 heavy (non-hydrogen) atoms. The minimum absolute atomic E-state index is 0.337. The zero-order valence-electron chi connectivity index (χ0n) is 7.46. The zero-order valence-corrected chi connectivity index (χ0v) is 7.46. The SMILES string of the molecule is C=C/C=C(\C(O)=C/C)C(C)C. The van der Waals surface area contributed by atoms with Gasteiger partial charge in [-0.1, -0.05) is 32.6 Å². The highest BCUT2D eigenvalue weighted by molar-refractivity contribution is 5.29. The van der Waals surface area contributed by atoms with Gasteiger partial charge in [0.15, 0.2) is 0 Å². The van der Waals surface area contributed by atoms with Crippen molar-refractivity contribution in [3.8, 4) is 0 Å². The molecule has 1 heteroatoms. The summed E-state index contributed by atoms with van der Waals surface area (Å²) in [7, 11) is 0. The van der Waals surface area contributed by atoms with Gasteiger partial charge in [0.25, 0.3) is 0 Å². The van der Waals surface area contributed by atoms with Crippen LogP contribution in [0.4, 0.5) is 0 Å². The first-order chi connectivity index (χ1) is 5.13. The van der Waals surface area contributed by atoms with Gasteiger partial charge >= 0.3 is 0 Å². The molecule has 0 atom stereocenters. The fourth-order valence-corrected chi connectivity index (χ4v) is 0.867. The summed E-state index contributed by atoms with van der Waals surface area (Å²) in [6.45, 7) is 9.47. The number of rotatable bonds is 3. The Balaban J connectivity index is 4.61. The molecule has 62 valence electrons. The van der Waals surface area contributed by atoms with Crippen LogP contribution in [0.15, 0.2) is 36.1 Å². The highest BCUT2D eigenvalue weighted by Gasteiger charge is 2.04. The molecule has 0 bridgehead atoms. The van der Waals surface area contributed by atoms with E-state index in [1.54, 1.807) is 12.2 Å². The topological polar surface area (TPSA) is 20.2 Å². The molecule has 0 unspecified atom stereocenters. The van der Waals surface area contributed by atoms with Crippen molar-refractivity contribution in [1.29, 1.82) is 0 Å². The fraction of sp³-hybridized carbons (Fsp3) is 0.400. The molecule has 0 radical (unpaired) electrons. The van der Waals surface area contributed by atoms with E-state index in [2.05, 4.69) is 6.58 Å². The Morgan fingerprint density at radius 3 is 2.27 bits per heavy atom. The largest absolute Gasteiger partial charge is 0.508 e. The van der Waals surface area contributed by atoms with Crippen LogP contribution in [-0.4, -0.2) is 5.11 Å². The van der Waals surface area contributed by atoms with Crippen LogP contribution in [0, 0.1) is 5.92 Å². The molecule has 0 aromatic carbocycles. The summed E-state index contributed by atoms with van der Waals surface area (Å²) >= 11 is 0. The molecule has 0 saturated carbocycles. The van der Waals surface area contributed by atoms with Crippen molar-refractivity contribution in [1.82, 2.24) is 0 Å². The third kappa shape index (κ3) is 3.08. The van der Waals surface area contributed by atoms with Gasteiger partial charge in [-0.3, -0.25) is 0 Å². The summed E-state index contributed by atoms with van der Waals surface area (Å²) in [6, 6.07) is 0. The molecule has 0 spiro atoms. The first kappa shape index (κ1) is 10.0. The van der Waals surface area contributed by atoms with E-state index in [0.29, 0.717) is 11.7 Å². The van der Waals surface area contributed by atoms with E-state index >= 15 is 0 Å². The maximum atomic E-state index is 9.36. The molecule has 0 rings (SSSR count). The summed E-state index contributed by atoms with van der Waals surface area (Å²) in [4.78, 5) is 0. The summed E-state index contributed by atoms with van der Waals surface area (Å²) in [5, 5.41) is 9.36. The highest BCUT2D eigenvalue weighted by atomic mass is 16.3. The normalized spacial score (nSPS) is 13.8. The Morgan fingerprint density at radius 2 is 2.00 bits per heavy atom. The van der Waals surface area contributed by atoms with Crippen LogP contribution in [0.1, 0.15) is 20.8 Å². The van der Waals surface area contributed by atoms with Crippen LogP contribution in [-0.2, 0) is 0 Å². The second kappa shape index (κ2) is 4.78. The molecule has 0 heterocycles. The Kier molecular flexibility index (Phi) is 4.35. The monoisotopic (exact) mass is 152 g/mol. The van der Waals surface area contributed by atoms with Crippen molar-refractivity contribution < 1.29 is 5.11 Å².